The lowest BCUT2D eigenvalue weighted by atomic mass is 9.91. The largest absolute Gasteiger partial charge is 0.480 e. The Kier molecular flexibility index (Phi) is 6.42. The van der Waals surface area contributed by atoms with Crippen LogP contribution in [0.15, 0.2) is 24.3 Å². The van der Waals surface area contributed by atoms with E-state index >= 15 is 0 Å². The van der Waals surface area contributed by atoms with Gasteiger partial charge in [-0.05, 0) is 54.9 Å². The molecule has 1 aliphatic heterocycles. The van der Waals surface area contributed by atoms with Crippen LogP contribution in [0.4, 0.5) is 0 Å². The maximum Gasteiger partial charge on any atom is 0.329 e. The highest BCUT2D eigenvalue weighted by atomic mass is 32.2. The van der Waals surface area contributed by atoms with Crippen LogP contribution in [-0.4, -0.2) is 39.9 Å². The quantitative estimate of drug-likeness (QED) is 0.694. The van der Waals surface area contributed by atoms with Gasteiger partial charge >= 0.3 is 5.97 Å². The summed E-state index contributed by atoms with van der Waals surface area (Å²) < 4.78 is 0. The number of carboxylic acids is 1. The van der Waals surface area contributed by atoms with Crippen molar-refractivity contribution in [2.24, 2.45) is 5.92 Å². The van der Waals surface area contributed by atoms with Crippen molar-refractivity contribution in [2.75, 3.05) is 11.5 Å². The number of rotatable bonds is 6. The lowest BCUT2D eigenvalue weighted by molar-refractivity contribution is -0.144. The summed E-state index contributed by atoms with van der Waals surface area (Å²) in [4.78, 5) is 36.3. The molecule has 0 aromatic heterocycles. The van der Waals surface area contributed by atoms with Crippen LogP contribution < -0.4 is 10.6 Å². The first kappa shape index (κ1) is 19.7. The highest BCUT2D eigenvalue weighted by Gasteiger charge is 2.41. The summed E-state index contributed by atoms with van der Waals surface area (Å²) in [5.41, 5.74) is 0.177. The standard InChI is InChI=1S/C20H26N2O4S/c23-17(15-3-1-2-4-15)21-13-14-5-7-16(8-6-14)18(24)22-20(19(25)26)9-11-27-12-10-20/h5-8,15H,1-4,9-13H2,(H,21,23)(H,22,24)(H,25,26). The number of carbonyl (C=O) groups is 3. The van der Waals surface area contributed by atoms with E-state index in [-0.39, 0.29) is 17.7 Å². The molecule has 146 valence electrons. The SMILES string of the molecule is O=C(NC1(C(=O)O)CCSCC1)c1ccc(CNC(=O)C2CCCC2)cc1. The van der Waals surface area contributed by atoms with E-state index in [1.165, 1.54) is 0 Å². The van der Waals surface area contributed by atoms with Gasteiger partial charge in [0.1, 0.15) is 5.54 Å². The Morgan fingerprint density at radius 2 is 1.70 bits per heavy atom. The Morgan fingerprint density at radius 1 is 1.07 bits per heavy atom. The van der Waals surface area contributed by atoms with Crippen molar-refractivity contribution in [2.45, 2.75) is 50.6 Å². The summed E-state index contributed by atoms with van der Waals surface area (Å²) in [6.07, 6.45) is 5.05. The average molecular weight is 391 g/mol. The van der Waals surface area contributed by atoms with E-state index in [4.69, 9.17) is 0 Å². The van der Waals surface area contributed by atoms with Gasteiger partial charge in [-0.15, -0.1) is 0 Å². The van der Waals surface area contributed by atoms with Crippen molar-refractivity contribution in [1.29, 1.82) is 0 Å². The normalized spacial score (nSPS) is 19.4. The third-order valence-electron chi connectivity index (χ3n) is 5.52. The minimum atomic E-state index is -1.17. The summed E-state index contributed by atoms with van der Waals surface area (Å²) in [6, 6.07) is 6.96. The maximum atomic E-state index is 12.5. The fourth-order valence-electron chi connectivity index (χ4n) is 3.70. The van der Waals surface area contributed by atoms with Gasteiger partial charge in [0.05, 0.1) is 0 Å². The van der Waals surface area contributed by atoms with E-state index in [1.54, 1.807) is 36.0 Å². The van der Waals surface area contributed by atoms with E-state index in [0.29, 0.717) is 24.9 Å². The zero-order valence-corrected chi connectivity index (χ0v) is 16.1. The molecule has 1 saturated heterocycles. The first-order valence-electron chi connectivity index (χ1n) is 9.50. The van der Waals surface area contributed by atoms with Gasteiger partial charge in [0.2, 0.25) is 5.91 Å². The molecule has 2 amide bonds. The van der Waals surface area contributed by atoms with E-state index in [1.807, 2.05) is 0 Å². The number of thioether (sulfide) groups is 1. The van der Waals surface area contributed by atoms with Crippen molar-refractivity contribution in [3.63, 3.8) is 0 Å². The smallest absolute Gasteiger partial charge is 0.329 e. The maximum absolute atomic E-state index is 12.5. The number of hydrogen-bond donors (Lipinski definition) is 3. The first-order valence-corrected chi connectivity index (χ1v) is 10.7. The second-order valence-electron chi connectivity index (χ2n) is 7.35. The fourth-order valence-corrected chi connectivity index (χ4v) is 4.89. The monoisotopic (exact) mass is 390 g/mol. The number of amides is 2. The van der Waals surface area contributed by atoms with Crippen LogP contribution in [0, 0.1) is 5.92 Å². The molecule has 1 heterocycles. The van der Waals surface area contributed by atoms with E-state index < -0.39 is 11.5 Å². The highest BCUT2D eigenvalue weighted by molar-refractivity contribution is 7.99. The Balaban J connectivity index is 1.56. The van der Waals surface area contributed by atoms with Crippen LogP contribution in [0.1, 0.15) is 54.4 Å². The second-order valence-corrected chi connectivity index (χ2v) is 8.57. The third kappa shape index (κ3) is 4.83. The fraction of sp³-hybridized carbons (Fsp3) is 0.550. The summed E-state index contributed by atoms with van der Waals surface area (Å²) in [7, 11) is 0. The van der Waals surface area contributed by atoms with Crippen LogP contribution in [-0.2, 0) is 16.1 Å². The molecule has 7 heteroatoms. The first-order chi connectivity index (χ1) is 13.0. The number of carbonyl (C=O) groups excluding carboxylic acids is 2. The van der Waals surface area contributed by atoms with Gasteiger partial charge in [-0.3, -0.25) is 9.59 Å². The summed E-state index contributed by atoms with van der Waals surface area (Å²) in [6.45, 7) is 0.438. The Bertz CT molecular complexity index is 692. The molecule has 1 aromatic carbocycles. The van der Waals surface area contributed by atoms with Crippen LogP contribution in [0.3, 0.4) is 0 Å². The summed E-state index contributed by atoms with van der Waals surface area (Å²) in [5.74, 6) is 0.357. The number of hydrogen-bond acceptors (Lipinski definition) is 4. The molecule has 3 N–H and O–H groups in total. The molecule has 2 aliphatic rings. The van der Waals surface area contributed by atoms with E-state index in [9.17, 15) is 19.5 Å². The number of aliphatic carboxylic acids is 1. The molecule has 0 spiro atoms. The predicted molar refractivity (Wildman–Crippen MR) is 105 cm³/mol. The molecule has 1 aromatic rings. The Labute approximate surface area is 163 Å². The molecular formula is C20H26N2O4S. The van der Waals surface area contributed by atoms with Crippen molar-refractivity contribution in [3.8, 4) is 0 Å². The van der Waals surface area contributed by atoms with Crippen LogP contribution in [0.2, 0.25) is 0 Å². The molecular weight excluding hydrogens is 364 g/mol. The number of benzene rings is 1. The van der Waals surface area contributed by atoms with E-state index in [0.717, 1.165) is 42.8 Å². The molecule has 27 heavy (non-hydrogen) atoms. The van der Waals surface area contributed by atoms with Gasteiger partial charge in [0.15, 0.2) is 0 Å². The average Bonchev–Trinajstić information content (AvgIpc) is 3.22. The molecule has 3 rings (SSSR count). The summed E-state index contributed by atoms with van der Waals surface area (Å²) >= 11 is 1.71. The van der Waals surface area contributed by atoms with Crippen molar-refractivity contribution in [1.82, 2.24) is 10.6 Å². The minimum absolute atomic E-state index is 0.105. The Morgan fingerprint density at radius 3 is 2.30 bits per heavy atom. The molecule has 0 radical (unpaired) electrons. The molecule has 2 fully saturated rings. The van der Waals surface area contributed by atoms with Gasteiger partial charge in [0.25, 0.3) is 5.91 Å². The molecule has 1 saturated carbocycles. The second kappa shape index (κ2) is 8.78. The van der Waals surface area contributed by atoms with Crippen molar-refractivity contribution < 1.29 is 19.5 Å². The van der Waals surface area contributed by atoms with Crippen molar-refractivity contribution >= 4 is 29.5 Å². The van der Waals surface area contributed by atoms with Gasteiger partial charge in [-0.25, -0.2) is 4.79 Å². The molecule has 0 unspecified atom stereocenters. The van der Waals surface area contributed by atoms with Gasteiger partial charge in [-0.2, -0.15) is 11.8 Å². The summed E-state index contributed by atoms with van der Waals surface area (Å²) in [5, 5.41) is 15.3. The Hall–Kier alpha value is -2.02. The molecule has 0 atom stereocenters. The van der Waals surface area contributed by atoms with Crippen LogP contribution >= 0.6 is 11.8 Å². The lowest BCUT2D eigenvalue weighted by Gasteiger charge is -2.33. The number of carboxylic acid groups (broad SMARTS) is 1. The third-order valence-corrected chi connectivity index (χ3v) is 6.50. The van der Waals surface area contributed by atoms with Gasteiger partial charge in [-0.1, -0.05) is 25.0 Å². The van der Waals surface area contributed by atoms with Gasteiger partial charge < -0.3 is 15.7 Å². The molecule has 1 aliphatic carbocycles. The topological polar surface area (TPSA) is 95.5 Å². The van der Waals surface area contributed by atoms with Crippen molar-refractivity contribution in [3.05, 3.63) is 35.4 Å². The van der Waals surface area contributed by atoms with E-state index in [2.05, 4.69) is 10.6 Å². The molecule has 0 bridgehead atoms. The zero-order valence-electron chi connectivity index (χ0n) is 15.3. The minimum Gasteiger partial charge on any atom is -0.480 e. The van der Waals surface area contributed by atoms with Crippen LogP contribution in [0.25, 0.3) is 0 Å². The highest BCUT2D eigenvalue weighted by Crippen LogP contribution is 2.28. The van der Waals surface area contributed by atoms with Gasteiger partial charge in [0, 0.05) is 18.0 Å². The predicted octanol–water partition coefficient (Wildman–Crippen LogP) is 2.57. The number of nitrogens with one attached hydrogen (secondary N) is 2. The zero-order chi connectivity index (χ0) is 19.3. The van der Waals surface area contributed by atoms with Crippen LogP contribution in [0.5, 0.6) is 0 Å². The lowest BCUT2D eigenvalue weighted by Crippen LogP contribution is -2.56. The molecule has 6 nitrogen and oxygen atoms in total.